The predicted octanol–water partition coefficient (Wildman–Crippen LogP) is 2.81. The maximum absolute atomic E-state index is 13.3. The van der Waals surface area contributed by atoms with Crippen LogP contribution in [0.25, 0.3) is 21.9 Å². The van der Waals surface area contributed by atoms with E-state index in [-0.39, 0.29) is 60.1 Å². The van der Waals surface area contributed by atoms with E-state index in [0.29, 0.717) is 62.3 Å². The van der Waals surface area contributed by atoms with Crippen molar-refractivity contribution in [2.45, 2.75) is 38.3 Å². The molecule has 1 atom stereocenters. The minimum Gasteiger partial charge on any atom is -0.496 e. The number of aromatic nitrogens is 2. The summed E-state index contributed by atoms with van der Waals surface area (Å²) in [6.45, 7) is 3.07. The van der Waals surface area contributed by atoms with E-state index >= 15 is 0 Å². The number of nitrogens with one attached hydrogen (secondary N) is 1. The number of methoxy groups -OCH3 is 2. The fourth-order valence-electron chi connectivity index (χ4n) is 7.14. The van der Waals surface area contributed by atoms with Crippen molar-refractivity contribution in [3.63, 3.8) is 0 Å². The molecule has 55 heavy (non-hydrogen) atoms. The van der Waals surface area contributed by atoms with Gasteiger partial charge in [0.2, 0.25) is 17.7 Å². The average Bonchev–Trinajstić information content (AvgIpc) is 3.20. The fourth-order valence-corrected chi connectivity index (χ4v) is 7.14. The lowest BCUT2D eigenvalue weighted by atomic mass is 9.99. The second-order valence-electron chi connectivity index (χ2n) is 13.6. The van der Waals surface area contributed by atoms with Crippen molar-refractivity contribution in [3.05, 3.63) is 82.0 Å². The molecule has 2 fully saturated rings. The number of carbonyl (C=O) groups is 5. The van der Waals surface area contributed by atoms with Gasteiger partial charge in [0, 0.05) is 83.8 Å². The number of hydrogen-bond acceptors (Lipinski definition) is 11. The van der Waals surface area contributed by atoms with Crippen molar-refractivity contribution >= 4 is 40.7 Å². The molecule has 4 heterocycles. The summed E-state index contributed by atoms with van der Waals surface area (Å²) in [5.74, 6) is 0.0103. The number of aryl methyl sites for hydroxylation is 1. The lowest BCUT2D eigenvalue weighted by Gasteiger charge is -2.35. The number of likely N-dealkylation sites (N-methyl/N-ethyl adjacent to an activating group) is 1. The number of ether oxygens (including phenoxy) is 3. The SMILES string of the molecule is COc1cc(-c2cn(C)c(=O)c3cnccc23)cc(OC)c1CN1CCN(C(=O)CCCOc2cccc(C(=O)N(C)C3CCC(=O)NC3=O)c2C=O)CC1. The highest BCUT2D eigenvalue weighted by Gasteiger charge is 2.33. The van der Waals surface area contributed by atoms with E-state index in [4.69, 9.17) is 14.2 Å². The van der Waals surface area contributed by atoms with Gasteiger partial charge in [-0.05, 0) is 54.1 Å². The number of benzene rings is 2. The van der Waals surface area contributed by atoms with Crippen LogP contribution >= 0.6 is 0 Å². The number of pyridine rings is 2. The molecule has 0 radical (unpaired) electrons. The minimum absolute atomic E-state index is 0.00661. The van der Waals surface area contributed by atoms with E-state index in [1.165, 1.54) is 18.0 Å². The Balaban J connectivity index is 1.03. The molecule has 2 saturated heterocycles. The second kappa shape index (κ2) is 16.9. The van der Waals surface area contributed by atoms with Crippen molar-refractivity contribution in [1.29, 1.82) is 0 Å². The molecule has 288 valence electrons. The molecule has 15 nitrogen and oxygen atoms in total. The van der Waals surface area contributed by atoms with Gasteiger partial charge in [-0.25, -0.2) is 0 Å². The van der Waals surface area contributed by atoms with E-state index in [0.717, 1.165) is 22.1 Å². The summed E-state index contributed by atoms with van der Waals surface area (Å²) < 4.78 is 19.1. The summed E-state index contributed by atoms with van der Waals surface area (Å²) in [4.78, 5) is 84.6. The molecule has 0 saturated carbocycles. The Morgan fingerprint density at radius 1 is 1.00 bits per heavy atom. The Hall–Kier alpha value is -6.09. The number of imide groups is 1. The van der Waals surface area contributed by atoms with Gasteiger partial charge in [-0.15, -0.1) is 0 Å². The molecule has 2 aromatic heterocycles. The van der Waals surface area contributed by atoms with Gasteiger partial charge in [0.15, 0.2) is 6.29 Å². The molecular weight excluding hydrogens is 708 g/mol. The number of amides is 4. The monoisotopic (exact) mass is 752 g/mol. The van der Waals surface area contributed by atoms with Gasteiger partial charge in [-0.2, -0.15) is 0 Å². The van der Waals surface area contributed by atoms with Gasteiger partial charge < -0.3 is 28.6 Å². The highest BCUT2D eigenvalue weighted by molar-refractivity contribution is 6.06. The van der Waals surface area contributed by atoms with Gasteiger partial charge >= 0.3 is 0 Å². The van der Waals surface area contributed by atoms with Crippen molar-refractivity contribution < 1.29 is 38.2 Å². The first kappa shape index (κ1) is 38.6. The van der Waals surface area contributed by atoms with Crippen molar-refractivity contribution in [1.82, 2.24) is 29.6 Å². The van der Waals surface area contributed by atoms with Gasteiger partial charge in [-0.1, -0.05) is 6.07 Å². The third-order valence-corrected chi connectivity index (χ3v) is 10.2. The van der Waals surface area contributed by atoms with Crippen LogP contribution in [0.4, 0.5) is 0 Å². The third kappa shape index (κ3) is 8.21. The minimum atomic E-state index is -0.835. The zero-order valence-electron chi connectivity index (χ0n) is 31.3. The number of carbonyl (C=O) groups excluding carboxylic acids is 5. The van der Waals surface area contributed by atoms with Crippen LogP contribution in [0, 0.1) is 0 Å². The summed E-state index contributed by atoms with van der Waals surface area (Å²) in [5, 5.41) is 3.54. The first-order valence-corrected chi connectivity index (χ1v) is 18.0. The van der Waals surface area contributed by atoms with E-state index in [1.54, 1.807) is 56.6 Å². The maximum atomic E-state index is 13.3. The summed E-state index contributed by atoms with van der Waals surface area (Å²) in [5.41, 5.74) is 2.57. The van der Waals surface area contributed by atoms with Gasteiger partial charge in [0.05, 0.1) is 42.9 Å². The van der Waals surface area contributed by atoms with Crippen molar-refractivity contribution in [2.24, 2.45) is 7.05 Å². The van der Waals surface area contributed by atoms with Crippen molar-refractivity contribution in [2.75, 3.05) is 54.1 Å². The fraction of sp³-hybridized carbons (Fsp3) is 0.375. The molecule has 2 aromatic carbocycles. The highest BCUT2D eigenvalue weighted by Crippen LogP contribution is 2.38. The van der Waals surface area contributed by atoms with Crippen LogP contribution in [0.3, 0.4) is 0 Å². The van der Waals surface area contributed by atoms with Gasteiger partial charge in [0.25, 0.3) is 11.5 Å². The van der Waals surface area contributed by atoms with E-state index in [1.807, 2.05) is 23.1 Å². The summed E-state index contributed by atoms with van der Waals surface area (Å²) in [6.07, 6.45) is 6.53. The normalized spacial score (nSPS) is 16.1. The molecule has 1 unspecified atom stereocenters. The van der Waals surface area contributed by atoms with Gasteiger partial charge in [0.1, 0.15) is 23.3 Å². The zero-order chi connectivity index (χ0) is 39.2. The Bertz CT molecular complexity index is 2170. The van der Waals surface area contributed by atoms with Crippen LogP contribution in [0.5, 0.6) is 17.2 Å². The van der Waals surface area contributed by atoms with Crippen LogP contribution in [0.1, 0.15) is 52.0 Å². The molecule has 4 aromatic rings. The lowest BCUT2D eigenvalue weighted by molar-refractivity contribution is -0.136. The number of fused-ring (bicyclic) bond motifs is 1. The molecule has 0 spiro atoms. The Labute approximate surface area is 317 Å². The van der Waals surface area contributed by atoms with Crippen molar-refractivity contribution in [3.8, 4) is 28.4 Å². The Kier molecular flexibility index (Phi) is 11.9. The van der Waals surface area contributed by atoms with Crippen LogP contribution in [0.2, 0.25) is 0 Å². The molecule has 0 bridgehead atoms. The summed E-state index contributed by atoms with van der Waals surface area (Å²) in [7, 11) is 6.40. The summed E-state index contributed by atoms with van der Waals surface area (Å²) in [6, 6.07) is 9.55. The molecule has 0 aliphatic carbocycles. The Morgan fingerprint density at radius 2 is 1.73 bits per heavy atom. The molecule has 1 N–H and O–H groups in total. The molecule has 4 amide bonds. The molecule has 15 heteroatoms. The quantitative estimate of drug-likeness (QED) is 0.121. The third-order valence-electron chi connectivity index (χ3n) is 10.2. The van der Waals surface area contributed by atoms with E-state index < -0.39 is 17.9 Å². The van der Waals surface area contributed by atoms with E-state index in [9.17, 15) is 28.8 Å². The van der Waals surface area contributed by atoms with Gasteiger partial charge in [-0.3, -0.25) is 44.0 Å². The maximum Gasteiger partial charge on any atom is 0.259 e. The zero-order valence-corrected chi connectivity index (χ0v) is 31.3. The molecule has 2 aliphatic heterocycles. The number of rotatable bonds is 13. The second-order valence-corrected chi connectivity index (χ2v) is 13.6. The topological polar surface area (TPSA) is 170 Å². The van der Waals surface area contributed by atoms with Crippen LogP contribution in [-0.2, 0) is 28.0 Å². The number of piperidine rings is 1. The lowest BCUT2D eigenvalue weighted by Crippen LogP contribution is -2.53. The first-order valence-electron chi connectivity index (χ1n) is 18.0. The average molecular weight is 753 g/mol. The number of nitrogens with zero attached hydrogens (tertiary/aromatic N) is 5. The molecular formula is C40H44N6O9. The molecule has 6 rings (SSSR count). The predicted molar refractivity (Wildman–Crippen MR) is 202 cm³/mol. The highest BCUT2D eigenvalue weighted by atomic mass is 16.5. The standard InChI is InChI=1S/C40H44N6O9/c1-43-22-29(26-12-13-41-21-28(26)39(43)51)25-19-34(53-3)30(35(20-25)54-4)23-45-14-16-46(17-15-45)37(49)9-6-18-55-33-8-5-7-27(31(33)24-47)40(52)44(2)32-10-11-36(48)42-38(32)50/h5,7-8,12-13,19-22,24,32H,6,9-11,14-18,23H2,1-4H3,(H,42,48,50). The van der Waals surface area contributed by atoms with E-state index in [2.05, 4.69) is 15.2 Å². The van der Waals surface area contributed by atoms with Crippen LogP contribution in [0.15, 0.2) is 59.8 Å². The Morgan fingerprint density at radius 3 is 2.40 bits per heavy atom. The molecule has 2 aliphatic rings. The van der Waals surface area contributed by atoms with Crippen LogP contribution < -0.4 is 25.1 Å². The number of hydrogen-bond donors (Lipinski definition) is 1. The first-order chi connectivity index (χ1) is 26.5. The largest absolute Gasteiger partial charge is 0.496 e. The summed E-state index contributed by atoms with van der Waals surface area (Å²) >= 11 is 0. The number of aldehydes is 1. The number of piperazine rings is 1. The van der Waals surface area contributed by atoms with Crippen LogP contribution in [-0.4, -0.2) is 114 Å². The smallest absolute Gasteiger partial charge is 0.259 e.